The summed E-state index contributed by atoms with van der Waals surface area (Å²) in [4.78, 5) is 12.4. The molecule has 0 aliphatic heterocycles. The first kappa shape index (κ1) is 18.7. The van der Waals surface area contributed by atoms with Gasteiger partial charge in [-0.05, 0) is 36.5 Å². The lowest BCUT2D eigenvalue weighted by Crippen LogP contribution is -2.31. The van der Waals surface area contributed by atoms with E-state index in [2.05, 4.69) is 27.4 Å². The van der Waals surface area contributed by atoms with E-state index < -0.39 is 0 Å². The van der Waals surface area contributed by atoms with Gasteiger partial charge in [0.1, 0.15) is 5.75 Å². The maximum Gasteiger partial charge on any atom is 0.230 e. The van der Waals surface area contributed by atoms with Crippen LogP contribution in [0.15, 0.2) is 41.3 Å². The minimum Gasteiger partial charge on any atom is -0.497 e. The van der Waals surface area contributed by atoms with Gasteiger partial charge in [0.15, 0.2) is 4.34 Å². The molecule has 1 aromatic heterocycles. The number of aromatic nitrogens is 2. The van der Waals surface area contributed by atoms with Gasteiger partial charge in [-0.15, -0.1) is 16.8 Å². The van der Waals surface area contributed by atoms with Gasteiger partial charge in [0.2, 0.25) is 11.0 Å². The van der Waals surface area contributed by atoms with E-state index in [1.807, 2.05) is 24.3 Å². The summed E-state index contributed by atoms with van der Waals surface area (Å²) >= 11 is 2.85. The highest BCUT2D eigenvalue weighted by Crippen LogP contribution is 2.41. The third kappa shape index (κ3) is 5.22. The smallest absolute Gasteiger partial charge is 0.230 e. The highest BCUT2D eigenvalue weighted by Gasteiger charge is 2.33. The number of methoxy groups -OCH3 is 1. The number of carbonyl (C=O) groups excluding carboxylic acids is 1. The van der Waals surface area contributed by atoms with E-state index in [1.165, 1.54) is 23.1 Å². The van der Waals surface area contributed by atoms with Gasteiger partial charge < -0.3 is 15.4 Å². The number of thioether (sulfide) groups is 1. The van der Waals surface area contributed by atoms with E-state index in [-0.39, 0.29) is 11.9 Å². The number of rotatable bonds is 10. The Hall–Kier alpha value is -2.06. The summed E-state index contributed by atoms with van der Waals surface area (Å²) in [6.07, 6.45) is 4.07. The minimum absolute atomic E-state index is 0.0125. The van der Waals surface area contributed by atoms with Gasteiger partial charge in [-0.3, -0.25) is 4.79 Å². The zero-order chi connectivity index (χ0) is 18.4. The Kier molecular flexibility index (Phi) is 6.51. The monoisotopic (exact) mass is 390 g/mol. The van der Waals surface area contributed by atoms with E-state index >= 15 is 0 Å². The molecule has 1 aliphatic rings. The van der Waals surface area contributed by atoms with Crippen molar-refractivity contribution in [1.82, 2.24) is 15.5 Å². The van der Waals surface area contributed by atoms with Gasteiger partial charge in [-0.1, -0.05) is 41.3 Å². The molecule has 1 aliphatic carbocycles. The van der Waals surface area contributed by atoms with Crippen LogP contribution in [0, 0.1) is 5.92 Å². The Morgan fingerprint density at radius 3 is 2.85 bits per heavy atom. The van der Waals surface area contributed by atoms with Crippen LogP contribution in [0.2, 0.25) is 0 Å². The normalized spacial score (nSPS) is 14.5. The molecule has 8 heteroatoms. The molecular weight excluding hydrogens is 368 g/mol. The summed E-state index contributed by atoms with van der Waals surface area (Å²) in [6, 6.07) is 7.98. The third-order valence-corrected chi connectivity index (χ3v) is 6.03. The Balaban J connectivity index is 1.53. The predicted molar refractivity (Wildman–Crippen MR) is 106 cm³/mol. The topological polar surface area (TPSA) is 76.1 Å². The molecule has 1 aromatic carbocycles. The number of nitrogens with one attached hydrogen (secondary N) is 2. The first-order valence-electron chi connectivity index (χ1n) is 8.44. The largest absolute Gasteiger partial charge is 0.497 e. The summed E-state index contributed by atoms with van der Waals surface area (Å²) in [5.74, 6) is 1.68. The molecule has 1 saturated carbocycles. The van der Waals surface area contributed by atoms with Crippen LogP contribution in [0.5, 0.6) is 5.75 Å². The van der Waals surface area contributed by atoms with Crippen molar-refractivity contribution in [1.29, 1.82) is 0 Å². The van der Waals surface area contributed by atoms with E-state index in [0.29, 0.717) is 18.2 Å². The number of anilines is 1. The second kappa shape index (κ2) is 9.05. The molecule has 1 atom stereocenters. The molecule has 1 fully saturated rings. The van der Waals surface area contributed by atoms with Crippen molar-refractivity contribution < 1.29 is 9.53 Å². The lowest BCUT2D eigenvalue weighted by Gasteiger charge is -2.19. The standard InChI is InChI=1S/C18H22N4O2S2/c1-3-10-19-17-21-22-18(26-17)25-11-15(23)20-16(12-4-5-12)13-6-8-14(24-2)9-7-13/h3,6-9,12,16H,1,4-5,10-11H2,2H3,(H,19,21)(H,20,23). The maximum atomic E-state index is 12.4. The molecule has 1 amide bonds. The van der Waals surface area contributed by atoms with E-state index in [4.69, 9.17) is 4.74 Å². The van der Waals surface area contributed by atoms with E-state index in [9.17, 15) is 4.79 Å². The fourth-order valence-electron chi connectivity index (χ4n) is 2.56. The zero-order valence-corrected chi connectivity index (χ0v) is 16.2. The van der Waals surface area contributed by atoms with Crippen LogP contribution >= 0.6 is 23.1 Å². The number of nitrogens with zero attached hydrogens (tertiary/aromatic N) is 2. The molecular formula is C18H22N4O2S2. The molecule has 0 bridgehead atoms. The van der Waals surface area contributed by atoms with Crippen molar-refractivity contribution >= 4 is 34.1 Å². The third-order valence-electron chi connectivity index (χ3n) is 4.02. The Labute approximate surface area is 161 Å². The second-order valence-corrected chi connectivity index (χ2v) is 8.19. The molecule has 6 nitrogen and oxygen atoms in total. The number of carbonyl (C=O) groups is 1. The summed E-state index contributed by atoms with van der Waals surface area (Å²) in [5, 5.41) is 15.1. The van der Waals surface area contributed by atoms with Crippen molar-refractivity contribution in [2.45, 2.75) is 23.2 Å². The summed E-state index contributed by atoms with van der Waals surface area (Å²) in [5.41, 5.74) is 1.12. The highest BCUT2D eigenvalue weighted by molar-refractivity contribution is 8.01. The zero-order valence-electron chi connectivity index (χ0n) is 14.6. The van der Waals surface area contributed by atoms with Crippen LogP contribution in [0.1, 0.15) is 24.4 Å². The van der Waals surface area contributed by atoms with Crippen LogP contribution in [0.4, 0.5) is 5.13 Å². The van der Waals surface area contributed by atoms with Crippen molar-refractivity contribution in [3.05, 3.63) is 42.5 Å². The van der Waals surface area contributed by atoms with Gasteiger partial charge in [0.05, 0.1) is 18.9 Å². The number of benzene rings is 1. The summed E-state index contributed by atoms with van der Waals surface area (Å²) < 4.78 is 5.98. The van der Waals surface area contributed by atoms with Gasteiger partial charge in [0, 0.05) is 6.54 Å². The molecule has 1 unspecified atom stereocenters. The molecule has 0 spiro atoms. The number of hydrogen-bond donors (Lipinski definition) is 2. The van der Waals surface area contributed by atoms with Gasteiger partial charge in [-0.2, -0.15) is 0 Å². The predicted octanol–water partition coefficient (Wildman–Crippen LogP) is 3.50. The average Bonchev–Trinajstić information content (AvgIpc) is 3.41. The quantitative estimate of drug-likeness (QED) is 0.478. The average molecular weight is 391 g/mol. The van der Waals surface area contributed by atoms with Crippen LogP contribution in [-0.2, 0) is 4.79 Å². The fourth-order valence-corrected chi connectivity index (χ4v) is 4.13. The minimum atomic E-state index is 0.0125. The first-order chi connectivity index (χ1) is 12.7. The van der Waals surface area contributed by atoms with Crippen molar-refractivity contribution in [3.8, 4) is 5.75 Å². The lowest BCUT2D eigenvalue weighted by molar-refractivity contribution is -0.119. The molecule has 3 rings (SSSR count). The van der Waals surface area contributed by atoms with Crippen LogP contribution in [-0.4, -0.2) is 35.5 Å². The molecule has 2 aromatic rings. The summed E-state index contributed by atoms with van der Waals surface area (Å²) in [7, 11) is 1.65. The summed E-state index contributed by atoms with van der Waals surface area (Å²) in [6.45, 7) is 4.30. The van der Waals surface area contributed by atoms with Crippen molar-refractivity contribution in [2.24, 2.45) is 5.92 Å². The molecule has 1 heterocycles. The molecule has 138 valence electrons. The van der Waals surface area contributed by atoms with Crippen LogP contribution in [0.3, 0.4) is 0 Å². The van der Waals surface area contributed by atoms with E-state index in [0.717, 1.165) is 33.6 Å². The second-order valence-electron chi connectivity index (χ2n) is 5.99. The van der Waals surface area contributed by atoms with E-state index in [1.54, 1.807) is 13.2 Å². The Bertz CT molecular complexity index is 744. The first-order valence-corrected chi connectivity index (χ1v) is 10.2. The van der Waals surface area contributed by atoms with Crippen LogP contribution in [0.25, 0.3) is 0 Å². The van der Waals surface area contributed by atoms with Crippen molar-refractivity contribution in [3.63, 3.8) is 0 Å². The highest BCUT2D eigenvalue weighted by atomic mass is 32.2. The molecule has 0 radical (unpaired) electrons. The van der Waals surface area contributed by atoms with Crippen LogP contribution < -0.4 is 15.4 Å². The molecule has 26 heavy (non-hydrogen) atoms. The number of amides is 1. The fraction of sp³-hybridized carbons (Fsp3) is 0.389. The van der Waals surface area contributed by atoms with Gasteiger partial charge >= 0.3 is 0 Å². The molecule has 0 saturated heterocycles. The number of ether oxygens (including phenoxy) is 1. The number of hydrogen-bond acceptors (Lipinski definition) is 7. The van der Waals surface area contributed by atoms with Crippen molar-refractivity contribution in [2.75, 3.05) is 24.7 Å². The Morgan fingerprint density at radius 2 is 2.19 bits per heavy atom. The molecule has 2 N–H and O–H groups in total. The van der Waals surface area contributed by atoms with Gasteiger partial charge in [0.25, 0.3) is 0 Å². The van der Waals surface area contributed by atoms with Gasteiger partial charge in [-0.25, -0.2) is 0 Å². The lowest BCUT2D eigenvalue weighted by atomic mass is 10.0. The Morgan fingerprint density at radius 1 is 1.42 bits per heavy atom. The maximum absolute atomic E-state index is 12.4. The SMILES string of the molecule is C=CCNc1nnc(SCC(=O)NC(c2ccc(OC)cc2)C2CC2)s1.